The van der Waals surface area contributed by atoms with Crippen LogP contribution in [0.25, 0.3) is 0 Å². The second-order valence-corrected chi connectivity index (χ2v) is 14.1. The summed E-state index contributed by atoms with van der Waals surface area (Å²) >= 11 is 0. The number of amides is 4. The van der Waals surface area contributed by atoms with E-state index < -0.39 is 34.2 Å². The molecule has 1 aromatic carbocycles. The summed E-state index contributed by atoms with van der Waals surface area (Å²) in [7, 11) is 0. The number of hydrogen-bond donors (Lipinski definition) is 1. The number of hydrogen-bond acceptors (Lipinski definition) is 9. The number of barbiturate groups is 1. The van der Waals surface area contributed by atoms with Crippen LogP contribution in [0.2, 0.25) is 0 Å². The van der Waals surface area contributed by atoms with Gasteiger partial charge >= 0.3 is 6.03 Å². The Morgan fingerprint density at radius 3 is 2.26 bits per heavy atom. The molecule has 4 aliphatic heterocycles. The number of rotatable bonds is 4. The van der Waals surface area contributed by atoms with Gasteiger partial charge in [-0.3, -0.25) is 29.9 Å². The van der Waals surface area contributed by atoms with Gasteiger partial charge in [0.15, 0.2) is 5.41 Å². The Kier molecular flexibility index (Phi) is 6.11. The molecule has 4 heterocycles. The Labute approximate surface area is 250 Å². The number of anilines is 2. The van der Waals surface area contributed by atoms with Crippen LogP contribution in [-0.4, -0.2) is 85.8 Å². The van der Waals surface area contributed by atoms with E-state index in [1.807, 2.05) is 22.8 Å². The van der Waals surface area contributed by atoms with E-state index in [0.717, 1.165) is 24.9 Å². The molecule has 4 amide bonds. The molecule has 8 aliphatic rings. The maximum atomic E-state index is 14.9. The number of nitrogens with zero attached hydrogens (tertiary/aromatic N) is 4. The van der Waals surface area contributed by atoms with Crippen molar-refractivity contribution in [3.05, 3.63) is 27.8 Å². The molecule has 12 nitrogen and oxygen atoms in total. The lowest BCUT2D eigenvalue weighted by atomic mass is 9.47. The van der Waals surface area contributed by atoms with Crippen molar-refractivity contribution < 1.29 is 28.8 Å². The number of nitro groups is 1. The average molecular weight is 594 g/mol. The predicted octanol–water partition coefficient (Wildman–Crippen LogP) is 2.86. The van der Waals surface area contributed by atoms with Crippen LogP contribution >= 0.6 is 0 Å². The number of ether oxygens (including phenoxy) is 2. The molecule has 230 valence electrons. The highest BCUT2D eigenvalue weighted by Crippen LogP contribution is 2.62. The van der Waals surface area contributed by atoms with E-state index in [2.05, 4.69) is 5.32 Å². The third kappa shape index (κ3) is 3.91. The lowest BCUT2D eigenvalue weighted by Crippen LogP contribution is -2.76. The Morgan fingerprint density at radius 2 is 1.60 bits per heavy atom. The smallest absolute Gasteiger partial charge is 0.331 e. The van der Waals surface area contributed by atoms with Crippen LogP contribution in [0.1, 0.15) is 51.0 Å². The van der Waals surface area contributed by atoms with Crippen LogP contribution in [0.3, 0.4) is 0 Å². The summed E-state index contributed by atoms with van der Waals surface area (Å²) in [6.07, 6.45) is 6.72. The number of carbonyl (C=O) groups excluding carboxylic acids is 3. The molecule has 4 bridgehead atoms. The molecule has 1 N–H and O–H groups in total. The van der Waals surface area contributed by atoms with Gasteiger partial charge < -0.3 is 19.3 Å². The Hall–Kier alpha value is -3.25. The van der Waals surface area contributed by atoms with E-state index in [1.54, 1.807) is 0 Å². The molecule has 0 radical (unpaired) electrons. The normalized spacial score (nSPS) is 37.3. The van der Waals surface area contributed by atoms with Crippen molar-refractivity contribution in [2.24, 2.45) is 28.6 Å². The fourth-order valence-electron chi connectivity index (χ4n) is 10.4. The van der Waals surface area contributed by atoms with Gasteiger partial charge in [0.25, 0.3) is 5.69 Å². The molecule has 1 spiro atoms. The number of nitrogens with one attached hydrogen (secondary N) is 1. The molecule has 1 aromatic rings. The Balaban J connectivity index is 1.21. The van der Waals surface area contributed by atoms with Crippen LogP contribution in [0, 0.1) is 38.7 Å². The SMILES string of the molecule is C[C@@H](N1C(=O)NC(=O)[C@]2(Cc3cc([N+](=O)[O-])c(N4CCOCC4)cc3N3CCOC[C@@H]32)C1=O)C12CC3CC(CC(C3)C1)C2. The van der Waals surface area contributed by atoms with Gasteiger partial charge in [-0.25, -0.2) is 4.79 Å². The molecule has 3 atom stereocenters. The minimum absolute atomic E-state index is 0.0286. The van der Waals surface area contributed by atoms with Gasteiger partial charge in [0.1, 0.15) is 5.69 Å². The highest BCUT2D eigenvalue weighted by Gasteiger charge is 2.65. The average Bonchev–Trinajstić information content (AvgIpc) is 2.99. The maximum absolute atomic E-state index is 14.9. The molecule has 7 fully saturated rings. The van der Waals surface area contributed by atoms with Gasteiger partial charge in [0.05, 0.1) is 37.4 Å². The molecule has 9 rings (SSSR count). The summed E-state index contributed by atoms with van der Waals surface area (Å²) in [5.41, 5.74) is 0.0452. The van der Waals surface area contributed by atoms with E-state index in [0.29, 0.717) is 68.5 Å². The number of carbonyl (C=O) groups is 3. The highest BCUT2D eigenvalue weighted by molar-refractivity contribution is 6.20. The fraction of sp³-hybridized carbons (Fsp3) is 0.710. The first kappa shape index (κ1) is 27.3. The molecule has 0 unspecified atom stereocenters. The lowest BCUT2D eigenvalue weighted by Gasteiger charge is -2.61. The van der Waals surface area contributed by atoms with Gasteiger partial charge in [0, 0.05) is 43.9 Å². The van der Waals surface area contributed by atoms with Gasteiger partial charge in [0.2, 0.25) is 11.8 Å². The Morgan fingerprint density at radius 1 is 0.953 bits per heavy atom. The molecule has 0 aromatic heterocycles. The van der Waals surface area contributed by atoms with Crippen molar-refractivity contribution >= 4 is 34.9 Å². The predicted molar refractivity (Wildman–Crippen MR) is 155 cm³/mol. The molecular weight excluding hydrogens is 554 g/mol. The molecule has 4 aliphatic carbocycles. The zero-order valence-corrected chi connectivity index (χ0v) is 24.6. The number of nitro benzene ring substituents is 1. The topological polar surface area (TPSA) is 135 Å². The van der Waals surface area contributed by atoms with Crippen LogP contribution in [0.4, 0.5) is 21.9 Å². The third-order valence-corrected chi connectivity index (χ3v) is 12.0. The maximum Gasteiger partial charge on any atom is 0.331 e. The first-order chi connectivity index (χ1) is 20.7. The summed E-state index contributed by atoms with van der Waals surface area (Å²) in [6.45, 7) is 5.02. The number of benzene rings is 1. The van der Waals surface area contributed by atoms with Gasteiger partial charge in [-0.2, -0.15) is 0 Å². The largest absolute Gasteiger partial charge is 0.378 e. The van der Waals surface area contributed by atoms with Crippen molar-refractivity contribution in [2.45, 2.75) is 64.0 Å². The Bertz CT molecular complexity index is 1370. The number of fused-ring (bicyclic) bond motifs is 4. The summed E-state index contributed by atoms with van der Waals surface area (Å²) in [6, 6.07) is 1.75. The van der Waals surface area contributed by atoms with Crippen molar-refractivity contribution in [3.63, 3.8) is 0 Å². The second-order valence-electron chi connectivity index (χ2n) is 14.1. The van der Waals surface area contributed by atoms with E-state index in [-0.39, 0.29) is 30.2 Å². The van der Waals surface area contributed by atoms with Crippen LogP contribution in [0.5, 0.6) is 0 Å². The van der Waals surface area contributed by atoms with Crippen LogP contribution in [-0.2, 0) is 25.5 Å². The molecule has 43 heavy (non-hydrogen) atoms. The first-order valence-corrected chi connectivity index (χ1v) is 15.9. The second kappa shape index (κ2) is 9.62. The van der Waals surface area contributed by atoms with Crippen molar-refractivity contribution in [3.8, 4) is 0 Å². The van der Waals surface area contributed by atoms with Gasteiger partial charge in [-0.05, 0) is 80.2 Å². The number of morpholine rings is 2. The monoisotopic (exact) mass is 593 g/mol. The van der Waals surface area contributed by atoms with E-state index >= 15 is 0 Å². The number of urea groups is 1. The zero-order chi connectivity index (χ0) is 29.7. The summed E-state index contributed by atoms with van der Waals surface area (Å²) in [4.78, 5) is 59.7. The van der Waals surface area contributed by atoms with E-state index in [9.17, 15) is 24.5 Å². The fourth-order valence-corrected chi connectivity index (χ4v) is 10.4. The van der Waals surface area contributed by atoms with Crippen molar-refractivity contribution in [1.82, 2.24) is 10.2 Å². The lowest BCUT2D eigenvalue weighted by molar-refractivity contribution is -0.384. The molecule has 3 saturated heterocycles. The summed E-state index contributed by atoms with van der Waals surface area (Å²) in [5.74, 6) is 0.782. The summed E-state index contributed by atoms with van der Waals surface area (Å²) < 4.78 is 11.4. The highest BCUT2D eigenvalue weighted by atomic mass is 16.6. The quantitative estimate of drug-likeness (QED) is 0.318. The van der Waals surface area contributed by atoms with Crippen molar-refractivity contribution in [2.75, 3.05) is 55.9 Å². The number of imide groups is 2. The van der Waals surface area contributed by atoms with Crippen LogP contribution < -0.4 is 15.1 Å². The van der Waals surface area contributed by atoms with Crippen molar-refractivity contribution in [1.29, 1.82) is 0 Å². The zero-order valence-electron chi connectivity index (χ0n) is 24.6. The van der Waals surface area contributed by atoms with E-state index in [4.69, 9.17) is 9.47 Å². The van der Waals surface area contributed by atoms with Gasteiger partial charge in [-0.15, -0.1) is 0 Å². The molecular formula is C31H39N5O7. The standard InChI is InChI=1S/C31H39N5O7/c1-18(30-13-19-8-20(14-30)10-21(9-19)15-30)35-28(38)31(27(37)32-29(35)39)16-22-11-25(36(40)41)24(33-2-5-42-6-3-33)12-23(22)34-4-7-43-17-26(31)34/h11-12,18-21,26H,2-10,13-17H2,1H3,(H,32,37,39)/t18-,19?,20?,21?,26-,30?,31-/m1/s1. The van der Waals surface area contributed by atoms with Crippen LogP contribution in [0.15, 0.2) is 12.1 Å². The van der Waals surface area contributed by atoms with E-state index in [1.165, 1.54) is 30.2 Å². The summed E-state index contributed by atoms with van der Waals surface area (Å²) in [5, 5.41) is 14.9. The first-order valence-electron chi connectivity index (χ1n) is 15.9. The third-order valence-electron chi connectivity index (χ3n) is 12.0. The molecule has 4 saturated carbocycles. The minimum atomic E-state index is -1.63. The minimum Gasteiger partial charge on any atom is -0.378 e. The molecule has 12 heteroatoms. The van der Waals surface area contributed by atoms with Gasteiger partial charge in [-0.1, -0.05) is 0 Å².